The van der Waals surface area contributed by atoms with Crippen molar-refractivity contribution in [3.63, 3.8) is 0 Å². The standard InChI is InChI=1S/C32H48N4O6/c1-20(34-42-30(40)36(18-41-19-37)17-22-7-11-28(33-22)29(39)35(4)5)25-9-10-26-24-8-6-21-16-23(38)12-14-31(21,2)27(24)13-15-32(25,26)3/h16,19,22,24-28,33H,6-15,17-18H2,1-5H3/b34-20+/t22?,24-,25+,26-,27-,28?,31-,32+/m0/s1. The molecule has 0 spiro atoms. The molecule has 1 heterocycles. The minimum atomic E-state index is -0.671. The molecular formula is C32H48N4O6. The molecule has 4 fully saturated rings. The number of hydrogen-bond acceptors (Lipinski definition) is 8. The maximum atomic E-state index is 13.1. The van der Waals surface area contributed by atoms with E-state index in [-0.39, 0.29) is 48.0 Å². The summed E-state index contributed by atoms with van der Waals surface area (Å²) in [5.41, 5.74) is 2.48. The summed E-state index contributed by atoms with van der Waals surface area (Å²) in [7, 11) is 3.45. The van der Waals surface area contributed by atoms with Crippen molar-refractivity contribution in [1.29, 1.82) is 0 Å². The number of nitrogens with zero attached hydrogens (tertiary/aromatic N) is 3. The number of rotatable bonds is 8. The van der Waals surface area contributed by atoms with Crippen LogP contribution in [0.4, 0.5) is 4.79 Å². The number of hydrogen-bond donors (Lipinski definition) is 1. The van der Waals surface area contributed by atoms with Crippen LogP contribution in [0.15, 0.2) is 16.8 Å². The molecule has 1 N–H and O–H groups in total. The molecule has 3 saturated carbocycles. The number of carbonyl (C=O) groups is 4. The highest BCUT2D eigenvalue weighted by molar-refractivity contribution is 5.91. The lowest BCUT2D eigenvalue weighted by Crippen LogP contribution is -2.51. The molecule has 5 rings (SSSR count). The van der Waals surface area contributed by atoms with Crippen molar-refractivity contribution in [1.82, 2.24) is 15.1 Å². The van der Waals surface area contributed by atoms with E-state index in [0.717, 1.165) is 50.7 Å². The fraction of sp³-hybridized carbons (Fsp3) is 0.781. The summed E-state index contributed by atoms with van der Waals surface area (Å²) in [6, 6.07) is -0.414. The largest absolute Gasteiger partial charge is 0.446 e. The Balaban J connectivity index is 1.22. The van der Waals surface area contributed by atoms with Crippen LogP contribution in [0.1, 0.15) is 85.0 Å². The van der Waals surface area contributed by atoms with Crippen LogP contribution in [0, 0.1) is 34.5 Å². The first-order valence-electron chi connectivity index (χ1n) is 15.7. The third kappa shape index (κ3) is 5.63. The van der Waals surface area contributed by atoms with Crippen LogP contribution in [-0.2, 0) is 24.0 Å². The van der Waals surface area contributed by atoms with Gasteiger partial charge in [0.25, 0.3) is 6.47 Å². The van der Waals surface area contributed by atoms with Gasteiger partial charge in [-0.1, -0.05) is 24.6 Å². The van der Waals surface area contributed by atoms with E-state index in [1.165, 1.54) is 10.5 Å². The molecule has 0 bridgehead atoms. The topological polar surface area (TPSA) is 118 Å². The van der Waals surface area contributed by atoms with Crippen LogP contribution in [0.5, 0.6) is 0 Å². The highest BCUT2D eigenvalue weighted by Crippen LogP contribution is 2.66. The van der Waals surface area contributed by atoms with Crippen LogP contribution in [-0.4, -0.2) is 79.2 Å². The highest BCUT2D eigenvalue weighted by Gasteiger charge is 2.59. The van der Waals surface area contributed by atoms with Gasteiger partial charge in [-0.05, 0) is 99.4 Å². The van der Waals surface area contributed by atoms with Crippen molar-refractivity contribution >= 4 is 30.0 Å². The number of ketones is 1. The highest BCUT2D eigenvalue weighted by atomic mass is 16.7. The zero-order valence-corrected chi connectivity index (χ0v) is 25.9. The second-order valence-electron chi connectivity index (χ2n) is 14.1. The fourth-order valence-electron chi connectivity index (χ4n) is 9.51. The van der Waals surface area contributed by atoms with Gasteiger partial charge < -0.3 is 15.0 Å². The van der Waals surface area contributed by atoms with E-state index in [0.29, 0.717) is 49.3 Å². The summed E-state index contributed by atoms with van der Waals surface area (Å²) < 4.78 is 4.91. The van der Waals surface area contributed by atoms with Gasteiger partial charge in [0.2, 0.25) is 5.91 Å². The summed E-state index contributed by atoms with van der Waals surface area (Å²) >= 11 is 0. The summed E-state index contributed by atoms with van der Waals surface area (Å²) in [5, 5.41) is 7.64. The molecule has 5 aliphatic rings. The second-order valence-corrected chi connectivity index (χ2v) is 14.1. The Morgan fingerprint density at radius 3 is 2.60 bits per heavy atom. The molecule has 10 nitrogen and oxygen atoms in total. The lowest BCUT2D eigenvalue weighted by molar-refractivity contribution is -0.132. The van der Waals surface area contributed by atoms with Gasteiger partial charge >= 0.3 is 6.09 Å². The average Bonchev–Trinajstić information content (AvgIpc) is 3.57. The van der Waals surface area contributed by atoms with Crippen molar-refractivity contribution < 1.29 is 28.8 Å². The summed E-state index contributed by atoms with van der Waals surface area (Å²) in [5.74, 6) is 2.41. The number of carbonyl (C=O) groups excluding carboxylic acids is 4. The Bertz CT molecular complexity index is 1150. The van der Waals surface area contributed by atoms with Crippen LogP contribution in [0.3, 0.4) is 0 Å². The predicted molar refractivity (Wildman–Crippen MR) is 157 cm³/mol. The summed E-state index contributed by atoms with van der Waals surface area (Å²) in [6.07, 6.45) is 11.0. The van der Waals surface area contributed by atoms with Gasteiger partial charge in [0, 0.05) is 39.0 Å². The van der Waals surface area contributed by atoms with Gasteiger partial charge in [-0.25, -0.2) is 4.79 Å². The Morgan fingerprint density at radius 2 is 1.86 bits per heavy atom. The average molecular weight is 585 g/mol. The van der Waals surface area contributed by atoms with E-state index in [2.05, 4.69) is 24.3 Å². The minimum absolute atomic E-state index is 0.00136. The van der Waals surface area contributed by atoms with Crippen molar-refractivity contribution in [3.05, 3.63) is 11.6 Å². The van der Waals surface area contributed by atoms with Crippen molar-refractivity contribution in [2.75, 3.05) is 27.4 Å². The SMILES string of the molecule is C/C(=N\OC(=O)N(COC=O)CC1CCC(C(=O)N(C)C)N1)[C@H]1CC[C@H]2[C@@H]3CCC4=CC(=O)CC[C@]4(C)[C@H]3CC[C@]12C. The third-order valence-electron chi connectivity index (χ3n) is 11.7. The molecule has 4 aliphatic carbocycles. The van der Waals surface area contributed by atoms with E-state index < -0.39 is 6.09 Å². The van der Waals surface area contributed by atoms with E-state index in [4.69, 9.17) is 9.57 Å². The number of fused-ring (bicyclic) bond motifs is 5. The van der Waals surface area contributed by atoms with Crippen LogP contribution < -0.4 is 5.32 Å². The van der Waals surface area contributed by atoms with Crippen LogP contribution in [0.25, 0.3) is 0 Å². The lowest BCUT2D eigenvalue weighted by Gasteiger charge is -2.58. The quantitative estimate of drug-likeness (QED) is 0.149. The minimum Gasteiger partial charge on any atom is -0.446 e. The molecule has 0 aromatic heterocycles. The molecule has 42 heavy (non-hydrogen) atoms. The van der Waals surface area contributed by atoms with Gasteiger partial charge in [0.15, 0.2) is 12.5 Å². The van der Waals surface area contributed by atoms with Crippen molar-refractivity contribution in [2.45, 2.75) is 97.1 Å². The number of ether oxygens (including phenoxy) is 1. The zero-order valence-electron chi connectivity index (χ0n) is 25.9. The Labute approximate surface area is 249 Å². The number of amides is 2. The normalized spacial score (nSPS) is 37.6. The lowest BCUT2D eigenvalue weighted by atomic mass is 9.46. The first kappa shape index (κ1) is 30.7. The Hall–Kier alpha value is -2.75. The molecular weight excluding hydrogens is 536 g/mol. The van der Waals surface area contributed by atoms with Gasteiger partial charge in [-0.15, -0.1) is 0 Å². The molecule has 2 unspecified atom stereocenters. The van der Waals surface area contributed by atoms with Crippen LogP contribution in [0.2, 0.25) is 0 Å². The van der Waals surface area contributed by atoms with Gasteiger partial charge in [0.05, 0.1) is 11.8 Å². The van der Waals surface area contributed by atoms with E-state index in [9.17, 15) is 19.2 Å². The molecule has 1 saturated heterocycles. The van der Waals surface area contributed by atoms with Gasteiger partial charge in [-0.2, -0.15) is 0 Å². The molecule has 2 amide bonds. The Morgan fingerprint density at radius 1 is 1.07 bits per heavy atom. The second kappa shape index (κ2) is 12.1. The molecule has 0 aromatic rings. The van der Waals surface area contributed by atoms with E-state index in [1.807, 2.05) is 13.0 Å². The smallest absolute Gasteiger partial charge is 0.438 e. The van der Waals surface area contributed by atoms with Gasteiger partial charge in [-0.3, -0.25) is 24.1 Å². The molecule has 8 atom stereocenters. The molecule has 0 aromatic carbocycles. The fourth-order valence-corrected chi connectivity index (χ4v) is 9.51. The number of nitrogens with one attached hydrogen (secondary N) is 1. The third-order valence-corrected chi connectivity index (χ3v) is 11.7. The van der Waals surface area contributed by atoms with Crippen LogP contribution >= 0.6 is 0 Å². The Kier molecular flexibility index (Phi) is 8.84. The maximum absolute atomic E-state index is 13.1. The van der Waals surface area contributed by atoms with E-state index in [1.54, 1.807) is 19.0 Å². The zero-order chi connectivity index (χ0) is 30.2. The molecule has 232 valence electrons. The molecule has 0 radical (unpaired) electrons. The predicted octanol–water partition coefficient (Wildman–Crippen LogP) is 4.29. The monoisotopic (exact) mass is 584 g/mol. The molecule has 1 aliphatic heterocycles. The maximum Gasteiger partial charge on any atom is 0.438 e. The van der Waals surface area contributed by atoms with Gasteiger partial charge in [0.1, 0.15) is 0 Å². The molecule has 10 heteroatoms. The number of allylic oxidation sites excluding steroid dienone is 1. The van der Waals surface area contributed by atoms with Crippen molar-refractivity contribution in [2.24, 2.45) is 39.7 Å². The van der Waals surface area contributed by atoms with Crippen molar-refractivity contribution in [3.8, 4) is 0 Å². The summed E-state index contributed by atoms with van der Waals surface area (Å²) in [6.45, 7) is 7.09. The van der Waals surface area contributed by atoms with E-state index >= 15 is 0 Å². The summed E-state index contributed by atoms with van der Waals surface area (Å²) in [4.78, 5) is 56.8. The first-order chi connectivity index (χ1) is 20.0. The number of likely N-dealkylation sites (N-methyl/N-ethyl adjacent to an activating group) is 1. The number of oxime groups is 1. The first-order valence-corrected chi connectivity index (χ1v) is 15.7.